The van der Waals surface area contributed by atoms with Gasteiger partial charge in [0.25, 0.3) is 0 Å². The number of fused-ring (bicyclic) bond motifs is 1. The van der Waals surface area contributed by atoms with Crippen molar-refractivity contribution in [2.24, 2.45) is 5.92 Å². The van der Waals surface area contributed by atoms with Crippen molar-refractivity contribution in [3.8, 4) is 6.07 Å². The highest BCUT2D eigenvalue weighted by molar-refractivity contribution is 7.99. The number of hydrogen-bond acceptors (Lipinski definition) is 4. The molecule has 1 atom stereocenters. The van der Waals surface area contributed by atoms with Gasteiger partial charge in [0.05, 0.1) is 22.4 Å². The van der Waals surface area contributed by atoms with Crippen LogP contribution in [0, 0.1) is 24.2 Å². The average molecular weight is 325 g/mol. The van der Waals surface area contributed by atoms with Crippen molar-refractivity contribution in [2.45, 2.75) is 37.3 Å². The number of thioether (sulfide) groups is 1. The molecule has 3 rings (SSSR count). The lowest BCUT2D eigenvalue weighted by Crippen LogP contribution is -2.47. The molecule has 1 fully saturated rings. The maximum Gasteiger partial charge on any atom is 0.231 e. The Morgan fingerprint density at radius 2 is 2.22 bits per heavy atom. The third kappa shape index (κ3) is 3.48. The number of nitriles is 1. The fourth-order valence-electron chi connectivity index (χ4n) is 2.74. The van der Waals surface area contributed by atoms with Gasteiger partial charge in [0.1, 0.15) is 5.54 Å². The van der Waals surface area contributed by atoms with Gasteiger partial charge < -0.3 is 5.32 Å². The zero-order valence-electron chi connectivity index (χ0n) is 13.3. The minimum absolute atomic E-state index is 0.112. The third-order valence-corrected chi connectivity index (χ3v) is 5.19. The molecule has 1 aliphatic carbocycles. The van der Waals surface area contributed by atoms with Gasteiger partial charge in [0.2, 0.25) is 5.91 Å². The first-order valence-corrected chi connectivity index (χ1v) is 8.72. The van der Waals surface area contributed by atoms with E-state index in [4.69, 9.17) is 0 Å². The van der Waals surface area contributed by atoms with Crippen LogP contribution in [0.3, 0.4) is 0 Å². The Bertz CT molecular complexity index is 794. The molecule has 118 valence electrons. The van der Waals surface area contributed by atoms with Gasteiger partial charge in [-0.3, -0.25) is 4.79 Å². The zero-order chi connectivity index (χ0) is 16.4. The van der Waals surface area contributed by atoms with Gasteiger partial charge in [0.15, 0.2) is 0 Å². The summed E-state index contributed by atoms with van der Waals surface area (Å²) in [7, 11) is 0. The van der Waals surface area contributed by atoms with Crippen molar-refractivity contribution < 1.29 is 4.79 Å². The molecule has 1 heterocycles. The van der Waals surface area contributed by atoms with E-state index in [9.17, 15) is 10.1 Å². The van der Waals surface area contributed by atoms with Crippen LogP contribution in [0.1, 0.15) is 25.3 Å². The normalized spacial score (nSPS) is 16.6. The summed E-state index contributed by atoms with van der Waals surface area (Å²) in [4.78, 5) is 16.8. The van der Waals surface area contributed by atoms with Crippen molar-refractivity contribution in [3.05, 3.63) is 35.9 Å². The topological polar surface area (TPSA) is 65.8 Å². The number of para-hydroxylation sites is 1. The summed E-state index contributed by atoms with van der Waals surface area (Å²) in [5.74, 6) is 0.454. The van der Waals surface area contributed by atoms with Crippen LogP contribution in [0.4, 0.5) is 0 Å². The van der Waals surface area contributed by atoms with Gasteiger partial charge in [0, 0.05) is 5.39 Å². The van der Waals surface area contributed by atoms with Gasteiger partial charge in [-0.15, -0.1) is 0 Å². The minimum atomic E-state index is -0.732. The van der Waals surface area contributed by atoms with Gasteiger partial charge in [-0.25, -0.2) is 4.98 Å². The molecule has 4 nitrogen and oxygen atoms in total. The average Bonchev–Trinajstić information content (AvgIpc) is 3.38. The summed E-state index contributed by atoms with van der Waals surface area (Å²) in [6, 6.07) is 12.2. The van der Waals surface area contributed by atoms with E-state index in [1.54, 1.807) is 0 Å². The van der Waals surface area contributed by atoms with Crippen LogP contribution in [0.5, 0.6) is 0 Å². The highest BCUT2D eigenvalue weighted by Crippen LogP contribution is 2.39. The van der Waals surface area contributed by atoms with Crippen LogP contribution < -0.4 is 5.32 Å². The Labute approximate surface area is 140 Å². The largest absolute Gasteiger partial charge is 0.337 e. The smallest absolute Gasteiger partial charge is 0.231 e. The number of pyridine rings is 1. The Kier molecular flexibility index (Phi) is 4.27. The van der Waals surface area contributed by atoms with Gasteiger partial charge in [-0.1, -0.05) is 30.0 Å². The number of nitrogens with one attached hydrogen (secondary N) is 1. The minimum Gasteiger partial charge on any atom is -0.337 e. The van der Waals surface area contributed by atoms with Crippen LogP contribution >= 0.6 is 11.8 Å². The number of aryl methyl sites for hydroxylation is 1. The molecule has 5 heteroatoms. The molecule has 0 bridgehead atoms. The van der Waals surface area contributed by atoms with E-state index < -0.39 is 5.54 Å². The summed E-state index contributed by atoms with van der Waals surface area (Å²) in [5, 5.41) is 14.1. The van der Waals surface area contributed by atoms with Crippen molar-refractivity contribution in [2.75, 3.05) is 5.75 Å². The van der Waals surface area contributed by atoms with E-state index in [0.717, 1.165) is 34.3 Å². The number of benzene rings is 1. The van der Waals surface area contributed by atoms with Gasteiger partial charge >= 0.3 is 0 Å². The molecular formula is C18H19N3OS. The summed E-state index contributed by atoms with van der Waals surface area (Å²) < 4.78 is 0. The van der Waals surface area contributed by atoms with E-state index in [-0.39, 0.29) is 11.7 Å². The van der Waals surface area contributed by atoms with Crippen molar-refractivity contribution in [3.63, 3.8) is 0 Å². The summed E-state index contributed by atoms with van der Waals surface area (Å²) >= 11 is 1.41. The van der Waals surface area contributed by atoms with Crippen LogP contribution in [0.2, 0.25) is 0 Å². The van der Waals surface area contributed by atoms with E-state index in [2.05, 4.69) is 16.4 Å². The number of carbonyl (C=O) groups is 1. The zero-order valence-corrected chi connectivity index (χ0v) is 14.1. The third-order valence-electron chi connectivity index (χ3n) is 4.28. The lowest BCUT2D eigenvalue weighted by molar-refractivity contribution is -0.119. The maximum atomic E-state index is 12.2. The number of amides is 1. The molecule has 0 aliphatic heterocycles. The predicted octanol–water partition coefficient (Wildman–Crippen LogP) is 3.44. The Balaban J connectivity index is 1.66. The Morgan fingerprint density at radius 3 is 2.91 bits per heavy atom. The summed E-state index contributed by atoms with van der Waals surface area (Å²) in [6.45, 7) is 3.86. The van der Waals surface area contributed by atoms with Crippen molar-refractivity contribution in [1.29, 1.82) is 5.26 Å². The van der Waals surface area contributed by atoms with Crippen LogP contribution in [-0.2, 0) is 4.79 Å². The number of hydrogen-bond donors (Lipinski definition) is 1. The molecule has 0 radical (unpaired) electrons. The fourth-order valence-corrected chi connectivity index (χ4v) is 3.51. The van der Waals surface area contributed by atoms with Crippen molar-refractivity contribution in [1.82, 2.24) is 10.3 Å². The molecule has 2 aromatic rings. The first-order valence-electron chi connectivity index (χ1n) is 7.73. The number of rotatable bonds is 5. The van der Waals surface area contributed by atoms with Gasteiger partial charge in [-0.2, -0.15) is 5.26 Å². The quantitative estimate of drug-likeness (QED) is 0.855. The van der Waals surface area contributed by atoms with E-state index in [0.29, 0.717) is 5.92 Å². The molecule has 23 heavy (non-hydrogen) atoms. The molecule has 0 spiro atoms. The monoisotopic (exact) mass is 325 g/mol. The summed E-state index contributed by atoms with van der Waals surface area (Å²) in [6.07, 6.45) is 2.03. The molecule has 1 saturated carbocycles. The lowest BCUT2D eigenvalue weighted by Gasteiger charge is -2.22. The first-order chi connectivity index (χ1) is 11.0. The van der Waals surface area contributed by atoms with Gasteiger partial charge in [-0.05, 0) is 50.3 Å². The van der Waals surface area contributed by atoms with Crippen LogP contribution in [-0.4, -0.2) is 22.2 Å². The van der Waals surface area contributed by atoms with Crippen LogP contribution in [0.15, 0.2) is 35.4 Å². The molecule has 1 aromatic heterocycles. The fraction of sp³-hybridized carbons (Fsp3) is 0.389. The van der Waals surface area contributed by atoms with E-state index >= 15 is 0 Å². The number of carbonyl (C=O) groups excluding carboxylic acids is 1. The molecule has 0 saturated heterocycles. The second kappa shape index (κ2) is 6.21. The standard InChI is InChI=1S/C18H19N3OS/c1-12-9-17(20-15-6-4-3-5-14(12)15)23-10-16(22)21-18(2,11-19)13-7-8-13/h3-6,9,13H,7-8,10H2,1-2H3,(H,21,22)/t18-/m1/s1. The molecule has 0 unspecified atom stereocenters. The van der Waals surface area contributed by atoms with E-state index in [1.807, 2.05) is 44.2 Å². The van der Waals surface area contributed by atoms with E-state index in [1.165, 1.54) is 11.8 Å². The second-order valence-electron chi connectivity index (χ2n) is 6.22. The van der Waals surface area contributed by atoms with Crippen molar-refractivity contribution >= 4 is 28.6 Å². The predicted molar refractivity (Wildman–Crippen MR) is 92.1 cm³/mol. The highest BCUT2D eigenvalue weighted by Gasteiger charge is 2.42. The number of aromatic nitrogens is 1. The molecule has 1 aromatic carbocycles. The first kappa shape index (κ1) is 15.8. The Morgan fingerprint density at radius 1 is 1.48 bits per heavy atom. The second-order valence-corrected chi connectivity index (χ2v) is 7.22. The number of nitrogens with zero attached hydrogens (tertiary/aromatic N) is 2. The summed E-state index contributed by atoms with van der Waals surface area (Å²) in [5.41, 5.74) is 1.36. The molecular weight excluding hydrogens is 306 g/mol. The maximum absolute atomic E-state index is 12.2. The Hall–Kier alpha value is -2.06. The van der Waals surface area contributed by atoms with Crippen LogP contribution in [0.25, 0.3) is 10.9 Å². The SMILES string of the molecule is Cc1cc(SCC(=O)N[C@](C)(C#N)C2CC2)nc2ccccc12. The lowest BCUT2D eigenvalue weighted by atomic mass is 9.98. The highest BCUT2D eigenvalue weighted by atomic mass is 32.2. The molecule has 1 aliphatic rings. The molecule has 1 N–H and O–H groups in total. The molecule has 1 amide bonds.